The van der Waals surface area contributed by atoms with E-state index in [-0.39, 0.29) is 12.2 Å². The topological polar surface area (TPSA) is 32.8 Å². The monoisotopic (exact) mass is 350 g/mol. The Kier molecular flexibility index (Phi) is 5.21. The molecule has 0 aliphatic carbocycles. The van der Waals surface area contributed by atoms with E-state index in [1.165, 1.54) is 18.4 Å². The number of rotatable bonds is 5. The molecule has 0 N–H and O–H groups in total. The number of nitrogens with zero attached hydrogens (tertiary/aromatic N) is 2. The number of cyclic esters (lactones) is 1. The summed E-state index contributed by atoms with van der Waals surface area (Å²) in [6, 6.07) is 20.5. The van der Waals surface area contributed by atoms with Gasteiger partial charge in [-0.15, -0.1) is 0 Å². The fraction of sp³-hybridized carbons (Fsp3) is 0.409. The maximum atomic E-state index is 12.2. The molecule has 2 fully saturated rings. The lowest BCUT2D eigenvalue weighted by molar-refractivity contribution is 0.0875. The molecule has 0 saturated carbocycles. The summed E-state index contributed by atoms with van der Waals surface area (Å²) in [5.41, 5.74) is 2.34. The summed E-state index contributed by atoms with van der Waals surface area (Å²) in [5.74, 6) is 0.688. The van der Waals surface area contributed by atoms with E-state index in [0.29, 0.717) is 12.5 Å². The van der Waals surface area contributed by atoms with Crippen LogP contribution in [0.15, 0.2) is 60.7 Å². The molecule has 1 amide bonds. The number of hydrogen-bond acceptors (Lipinski definition) is 3. The van der Waals surface area contributed by atoms with Crippen LogP contribution in [0.5, 0.6) is 0 Å². The minimum atomic E-state index is -0.223. The van der Waals surface area contributed by atoms with Gasteiger partial charge >= 0.3 is 6.09 Å². The van der Waals surface area contributed by atoms with Gasteiger partial charge in [-0.25, -0.2) is 4.79 Å². The number of anilines is 1. The maximum absolute atomic E-state index is 12.2. The fourth-order valence-electron chi connectivity index (χ4n) is 4.15. The van der Waals surface area contributed by atoms with Gasteiger partial charge in [-0.3, -0.25) is 9.80 Å². The van der Waals surface area contributed by atoms with Crippen LogP contribution in [0.25, 0.3) is 0 Å². The lowest BCUT2D eigenvalue weighted by Crippen LogP contribution is -2.41. The molecule has 26 heavy (non-hydrogen) atoms. The van der Waals surface area contributed by atoms with Gasteiger partial charge in [0.15, 0.2) is 0 Å². The molecule has 4 nitrogen and oxygen atoms in total. The molecule has 2 aromatic rings. The third kappa shape index (κ3) is 4.07. The van der Waals surface area contributed by atoms with Crippen molar-refractivity contribution in [2.45, 2.75) is 25.4 Å². The van der Waals surface area contributed by atoms with Gasteiger partial charge in [-0.05, 0) is 49.4 Å². The number of para-hydroxylation sites is 1. The van der Waals surface area contributed by atoms with Crippen molar-refractivity contribution >= 4 is 11.8 Å². The van der Waals surface area contributed by atoms with Crippen molar-refractivity contribution in [3.8, 4) is 0 Å². The van der Waals surface area contributed by atoms with Crippen molar-refractivity contribution < 1.29 is 9.53 Å². The normalized spacial score (nSPS) is 23.8. The summed E-state index contributed by atoms with van der Waals surface area (Å²) in [5, 5.41) is 0. The number of carbonyl (C=O) groups is 1. The molecule has 0 spiro atoms. The van der Waals surface area contributed by atoms with Crippen LogP contribution < -0.4 is 4.90 Å². The quantitative estimate of drug-likeness (QED) is 0.818. The predicted octanol–water partition coefficient (Wildman–Crippen LogP) is 3.97. The highest BCUT2D eigenvalue weighted by molar-refractivity contribution is 5.89. The first-order valence-electron chi connectivity index (χ1n) is 9.57. The number of benzene rings is 2. The van der Waals surface area contributed by atoms with Crippen LogP contribution in [0.1, 0.15) is 18.4 Å². The number of carbonyl (C=O) groups excluding carboxylic acids is 1. The second-order valence-electron chi connectivity index (χ2n) is 7.41. The minimum absolute atomic E-state index is 0.0434. The molecule has 0 radical (unpaired) electrons. The highest BCUT2D eigenvalue weighted by Crippen LogP contribution is 2.24. The number of ether oxygens (including phenoxy) is 1. The van der Waals surface area contributed by atoms with Crippen LogP contribution in [-0.4, -0.2) is 43.3 Å². The molecule has 136 valence electrons. The number of amides is 1. The molecule has 2 aromatic carbocycles. The van der Waals surface area contributed by atoms with Gasteiger partial charge in [0.1, 0.15) is 6.10 Å². The smallest absolute Gasteiger partial charge is 0.414 e. The van der Waals surface area contributed by atoms with E-state index in [1.54, 1.807) is 4.90 Å². The third-order valence-corrected chi connectivity index (χ3v) is 5.37. The Morgan fingerprint density at radius 2 is 1.69 bits per heavy atom. The Morgan fingerprint density at radius 3 is 2.46 bits per heavy atom. The second-order valence-corrected chi connectivity index (χ2v) is 7.41. The average Bonchev–Trinajstić information content (AvgIpc) is 3.04. The summed E-state index contributed by atoms with van der Waals surface area (Å²) >= 11 is 0. The predicted molar refractivity (Wildman–Crippen MR) is 103 cm³/mol. The van der Waals surface area contributed by atoms with Crippen LogP contribution in [0.3, 0.4) is 0 Å². The number of piperidine rings is 1. The van der Waals surface area contributed by atoms with Crippen LogP contribution in [0.2, 0.25) is 0 Å². The van der Waals surface area contributed by atoms with Gasteiger partial charge in [-0.2, -0.15) is 0 Å². The lowest BCUT2D eigenvalue weighted by atomic mass is 9.91. The molecule has 2 saturated heterocycles. The van der Waals surface area contributed by atoms with E-state index in [4.69, 9.17) is 4.74 Å². The summed E-state index contributed by atoms with van der Waals surface area (Å²) < 4.78 is 5.63. The minimum Gasteiger partial charge on any atom is -0.443 e. The molecule has 4 heteroatoms. The van der Waals surface area contributed by atoms with Gasteiger partial charge < -0.3 is 4.74 Å². The largest absolute Gasteiger partial charge is 0.443 e. The standard InChI is InChI=1S/C22H26N2O2/c25-22-24(20-11-5-2-6-12-20)17-21(26-22)16-23-13-7-10-19(15-23)14-18-8-3-1-4-9-18/h1-6,8-9,11-12,19,21H,7,10,13-17H2. The van der Waals surface area contributed by atoms with Crippen molar-refractivity contribution in [1.82, 2.24) is 4.90 Å². The van der Waals surface area contributed by atoms with Crippen molar-refractivity contribution in [2.24, 2.45) is 5.92 Å². The molecule has 2 atom stereocenters. The van der Waals surface area contributed by atoms with Gasteiger partial charge in [0.05, 0.1) is 6.54 Å². The summed E-state index contributed by atoms with van der Waals surface area (Å²) in [4.78, 5) is 16.4. The molecular weight excluding hydrogens is 324 g/mol. The van der Waals surface area contributed by atoms with Gasteiger partial charge in [0.2, 0.25) is 0 Å². The van der Waals surface area contributed by atoms with Gasteiger partial charge in [0, 0.05) is 18.8 Å². The molecule has 4 rings (SSSR count). The zero-order chi connectivity index (χ0) is 17.8. The average molecular weight is 350 g/mol. The second kappa shape index (κ2) is 7.92. The van der Waals surface area contributed by atoms with E-state index in [2.05, 4.69) is 35.2 Å². The Hall–Kier alpha value is -2.33. The molecule has 2 aliphatic heterocycles. The van der Waals surface area contributed by atoms with Crippen LogP contribution in [0, 0.1) is 5.92 Å². The number of hydrogen-bond donors (Lipinski definition) is 0. The molecule has 2 heterocycles. The van der Waals surface area contributed by atoms with Crippen LogP contribution in [0.4, 0.5) is 10.5 Å². The van der Waals surface area contributed by atoms with Crippen molar-refractivity contribution in [3.05, 3.63) is 66.2 Å². The molecule has 0 bridgehead atoms. The summed E-state index contributed by atoms with van der Waals surface area (Å²) in [6.07, 6.45) is 3.38. The highest BCUT2D eigenvalue weighted by atomic mass is 16.6. The SMILES string of the molecule is O=C1OC(CN2CCCC(Cc3ccccc3)C2)CN1c1ccccc1. The lowest BCUT2D eigenvalue weighted by Gasteiger charge is -2.33. The first-order chi connectivity index (χ1) is 12.8. The zero-order valence-corrected chi connectivity index (χ0v) is 15.1. The van der Waals surface area contributed by atoms with Crippen LogP contribution >= 0.6 is 0 Å². The van der Waals surface area contributed by atoms with E-state index in [1.807, 2.05) is 30.3 Å². The molecular formula is C22H26N2O2. The molecule has 0 aromatic heterocycles. The Labute approximate surface area is 155 Å². The first kappa shape index (κ1) is 17.1. The Bertz CT molecular complexity index is 719. The summed E-state index contributed by atoms with van der Waals surface area (Å²) in [7, 11) is 0. The first-order valence-corrected chi connectivity index (χ1v) is 9.57. The zero-order valence-electron chi connectivity index (χ0n) is 15.1. The van der Waals surface area contributed by atoms with E-state index < -0.39 is 0 Å². The third-order valence-electron chi connectivity index (χ3n) is 5.37. The maximum Gasteiger partial charge on any atom is 0.414 e. The van der Waals surface area contributed by atoms with Crippen LogP contribution in [-0.2, 0) is 11.2 Å². The molecule has 2 unspecified atom stereocenters. The van der Waals surface area contributed by atoms with Gasteiger partial charge in [-0.1, -0.05) is 48.5 Å². The van der Waals surface area contributed by atoms with Crippen molar-refractivity contribution in [2.75, 3.05) is 31.1 Å². The van der Waals surface area contributed by atoms with Crippen molar-refractivity contribution in [3.63, 3.8) is 0 Å². The van der Waals surface area contributed by atoms with E-state index in [9.17, 15) is 4.79 Å². The van der Waals surface area contributed by atoms with Gasteiger partial charge in [0.25, 0.3) is 0 Å². The Morgan fingerprint density at radius 1 is 0.962 bits per heavy atom. The van der Waals surface area contributed by atoms with Crippen molar-refractivity contribution in [1.29, 1.82) is 0 Å². The number of likely N-dealkylation sites (tertiary alicyclic amines) is 1. The Balaban J connectivity index is 1.32. The highest BCUT2D eigenvalue weighted by Gasteiger charge is 2.34. The van der Waals surface area contributed by atoms with E-state index in [0.717, 1.165) is 31.7 Å². The molecule has 2 aliphatic rings. The van der Waals surface area contributed by atoms with E-state index >= 15 is 0 Å². The summed E-state index contributed by atoms with van der Waals surface area (Å²) in [6.45, 7) is 3.67. The fourth-order valence-corrected chi connectivity index (χ4v) is 4.15.